The fraction of sp³-hybridized carbons (Fsp3) is 0.450. The summed E-state index contributed by atoms with van der Waals surface area (Å²) in [5.41, 5.74) is 0.780. The fourth-order valence-corrected chi connectivity index (χ4v) is 3.35. The number of hydrogen-bond acceptors (Lipinski definition) is 5. The highest BCUT2D eigenvalue weighted by molar-refractivity contribution is 5.92. The molecule has 0 bridgehead atoms. The Hall–Kier alpha value is -2.88. The number of nitrogens with one attached hydrogen (secondary N) is 1. The third kappa shape index (κ3) is 5.38. The molecule has 1 aromatic carbocycles. The number of alkyl halides is 3. The average molecular weight is 424 g/mol. The van der Waals surface area contributed by atoms with Crippen molar-refractivity contribution in [2.24, 2.45) is 0 Å². The Morgan fingerprint density at radius 3 is 2.47 bits per heavy atom. The predicted molar refractivity (Wildman–Crippen MR) is 103 cm³/mol. The summed E-state index contributed by atoms with van der Waals surface area (Å²) in [4.78, 5) is 28.3. The Kier molecular flexibility index (Phi) is 6.45. The summed E-state index contributed by atoms with van der Waals surface area (Å²) in [5, 5.41) is 6.35. The van der Waals surface area contributed by atoms with Crippen molar-refractivity contribution in [2.45, 2.75) is 26.4 Å². The number of piperazine rings is 1. The zero-order chi connectivity index (χ0) is 21.9. The normalized spacial score (nSPS) is 15.3. The maximum atomic E-state index is 12.8. The number of hydrogen-bond donors (Lipinski definition) is 1. The standard InChI is InChI=1S/C20H23F3N4O3/c1-13-17(14(2)30-25-13)11-19(29)27-8-6-26(7-9-27)12-18(28)24-16-5-3-4-15(10-16)20(21,22)23/h3-5,10H,6-9,11-12H2,1-2H3,(H,24,28). The first-order chi connectivity index (χ1) is 14.1. The van der Waals surface area contributed by atoms with E-state index in [2.05, 4.69) is 10.5 Å². The quantitative estimate of drug-likeness (QED) is 0.799. The van der Waals surface area contributed by atoms with Crippen molar-refractivity contribution >= 4 is 17.5 Å². The lowest BCUT2D eigenvalue weighted by atomic mass is 10.1. The van der Waals surface area contributed by atoms with E-state index >= 15 is 0 Å². The van der Waals surface area contributed by atoms with Gasteiger partial charge in [0.15, 0.2) is 0 Å². The van der Waals surface area contributed by atoms with E-state index in [1.807, 2.05) is 4.90 Å². The van der Waals surface area contributed by atoms with E-state index in [-0.39, 0.29) is 24.6 Å². The zero-order valence-electron chi connectivity index (χ0n) is 16.8. The van der Waals surface area contributed by atoms with Crippen molar-refractivity contribution in [1.29, 1.82) is 0 Å². The van der Waals surface area contributed by atoms with Gasteiger partial charge in [0.05, 0.1) is 24.2 Å². The summed E-state index contributed by atoms with van der Waals surface area (Å²) >= 11 is 0. The molecule has 3 rings (SSSR count). The minimum Gasteiger partial charge on any atom is -0.361 e. The molecule has 2 heterocycles. The van der Waals surface area contributed by atoms with Gasteiger partial charge in [-0.05, 0) is 32.0 Å². The Labute approximate surface area is 171 Å². The highest BCUT2D eigenvalue weighted by Crippen LogP contribution is 2.30. The monoisotopic (exact) mass is 424 g/mol. The minimum atomic E-state index is -4.47. The van der Waals surface area contributed by atoms with Crippen LogP contribution in [0.4, 0.5) is 18.9 Å². The Morgan fingerprint density at radius 1 is 1.17 bits per heavy atom. The summed E-state index contributed by atoms with van der Waals surface area (Å²) in [6.45, 7) is 5.55. The second-order valence-corrected chi connectivity index (χ2v) is 7.26. The van der Waals surface area contributed by atoms with E-state index in [0.717, 1.165) is 17.7 Å². The van der Waals surface area contributed by atoms with E-state index in [4.69, 9.17) is 4.52 Å². The van der Waals surface area contributed by atoms with Gasteiger partial charge in [-0.1, -0.05) is 11.2 Å². The molecule has 0 atom stereocenters. The lowest BCUT2D eigenvalue weighted by molar-refractivity contribution is -0.137. The molecular weight excluding hydrogens is 401 g/mol. The van der Waals surface area contributed by atoms with Crippen LogP contribution in [0.3, 0.4) is 0 Å². The molecule has 1 N–H and O–H groups in total. The Bertz CT molecular complexity index is 899. The number of aryl methyl sites for hydroxylation is 2. The molecule has 1 aliphatic rings. The molecule has 7 nitrogen and oxygen atoms in total. The van der Waals surface area contributed by atoms with Crippen molar-refractivity contribution in [3.05, 3.63) is 46.8 Å². The summed E-state index contributed by atoms with van der Waals surface area (Å²) in [7, 11) is 0. The van der Waals surface area contributed by atoms with Crippen molar-refractivity contribution in [3.8, 4) is 0 Å². The van der Waals surface area contributed by atoms with E-state index in [0.29, 0.717) is 37.6 Å². The Morgan fingerprint density at radius 2 is 1.87 bits per heavy atom. The molecule has 2 aromatic rings. The third-order valence-electron chi connectivity index (χ3n) is 5.08. The molecule has 10 heteroatoms. The molecule has 0 saturated carbocycles. The molecule has 0 spiro atoms. The minimum absolute atomic E-state index is 0.0301. The predicted octanol–water partition coefficient (Wildman–Crippen LogP) is 2.64. The molecule has 0 radical (unpaired) electrons. The fourth-order valence-electron chi connectivity index (χ4n) is 3.35. The lowest BCUT2D eigenvalue weighted by Crippen LogP contribution is -2.50. The van der Waals surface area contributed by atoms with Crippen molar-refractivity contribution in [2.75, 3.05) is 38.0 Å². The molecule has 1 saturated heterocycles. The van der Waals surface area contributed by atoms with Gasteiger partial charge in [0, 0.05) is 37.4 Å². The van der Waals surface area contributed by atoms with Gasteiger partial charge in [-0.15, -0.1) is 0 Å². The number of halogens is 3. The molecular formula is C20H23F3N4O3. The molecule has 1 aliphatic heterocycles. The topological polar surface area (TPSA) is 78.7 Å². The van der Waals surface area contributed by atoms with Crippen molar-refractivity contribution in [1.82, 2.24) is 15.0 Å². The molecule has 1 fully saturated rings. The van der Waals surface area contributed by atoms with Gasteiger partial charge >= 0.3 is 6.18 Å². The number of carbonyl (C=O) groups is 2. The van der Waals surface area contributed by atoms with E-state index in [1.165, 1.54) is 12.1 Å². The second-order valence-electron chi connectivity index (χ2n) is 7.26. The number of amides is 2. The molecule has 1 aromatic heterocycles. The van der Waals surface area contributed by atoms with Gasteiger partial charge in [-0.3, -0.25) is 14.5 Å². The summed E-state index contributed by atoms with van der Waals surface area (Å²) in [6.07, 6.45) is -4.25. The highest BCUT2D eigenvalue weighted by atomic mass is 19.4. The number of carbonyl (C=O) groups excluding carboxylic acids is 2. The second kappa shape index (κ2) is 8.86. The molecule has 162 valence electrons. The maximum Gasteiger partial charge on any atom is 0.416 e. The van der Waals surface area contributed by atoms with Crippen LogP contribution in [-0.2, 0) is 22.2 Å². The molecule has 0 unspecified atom stereocenters. The smallest absolute Gasteiger partial charge is 0.361 e. The third-order valence-corrected chi connectivity index (χ3v) is 5.08. The van der Waals surface area contributed by atoms with E-state index in [1.54, 1.807) is 18.7 Å². The van der Waals surface area contributed by atoms with Crippen LogP contribution in [0.1, 0.15) is 22.6 Å². The SMILES string of the molecule is Cc1noc(C)c1CC(=O)N1CCN(CC(=O)Nc2cccc(C(F)(F)F)c2)CC1. The van der Waals surface area contributed by atoms with Crippen LogP contribution in [0.15, 0.2) is 28.8 Å². The number of anilines is 1. The first-order valence-electron chi connectivity index (χ1n) is 9.52. The molecule has 30 heavy (non-hydrogen) atoms. The van der Waals surface area contributed by atoms with Crippen LogP contribution in [-0.4, -0.2) is 59.5 Å². The number of benzene rings is 1. The summed E-state index contributed by atoms with van der Waals surface area (Å²) in [6, 6.07) is 4.53. The van der Waals surface area contributed by atoms with E-state index < -0.39 is 17.6 Å². The first kappa shape index (κ1) is 21.8. The first-order valence-corrected chi connectivity index (χ1v) is 9.52. The Balaban J connectivity index is 1.47. The van der Waals surface area contributed by atoms with Gasteiger partial charge in [-0.25, -0.2) is 0 Å². The van der Waals surface area contributed by atoms with Crippen LogP contribution in [0.2, 0.25) is 0 Å². The zero-order valence-corrected chi connectivity index (χ0v) is 16.8. The lowest BCUT2D eigenvalue weighted by Gasteiger charge is -2.34. The maximum absolute atomic E-state index is 12.8. The number of aromatic nitrogens is 1. The number of nitrogens with zero attached hydrogens (tertiary/aromatic N) is 3. The highest BCUT2D eigenvalue weighted by Gasteiger charge is 2.30. The van der Waals surface area contributed by atoms with Crippen LogP contribution in [0.25, 0.3) is 0 Å². The van der Waals surface area contributed by atoms with Crippen LogP contribution in [0.5, 0.6) is 0 Å². The molecule has 2 amide bonds. The summed E-state index contributed by atoms with van der Waals surface area (Å²) < 4.78 is 43.4. The van der Waals surface area contributed by atoms with Crippen molar-refractivity contribution < 1.29 is 27.3 Å². The van der Waals surface area contributed by atoms with Gasteiger partial charge in [0.25, 0.3) is 0 Å². The molecule has 0 aliphatic carbocycles. The number of rotatable bonds is 5. The van der Waals surface area contributed by atoms with Gasteiger partial charge in [0.1, 0.15) is 5.76 Å². The average Bonchev–Trinajstić information content (AvgIpc) is 3.00. The van der Waals surface area contributed by atoms with Crippen LogP contribution in [0, 0.1) is 13.8 Å². The largest absolute Gasteiger partial charge is 0.416 e. The van der Waals surface area contributed by atoms with Crippen LogP contribution < -0.4 is 5.32 Å². The van der Waals surface area contributed by atoms with Crippen LogP contribution >= 0.6 is 0 Å². The van der Waals surface area contributed by atoms with Gasteiger partial charge < -0.3 is 14.7 Å². The summed E-state index contributed by atoms with van der Waals surface area (Å²) in [5.74, 6) is 0.202. The van der Waals surface area contributed by atoms with E-state index in [9.17, 15) is 22.8 Å². The van der Waals surface area contributed by atoms with Gasteiger partial charge in [-0.2, -0.15) is 13.2 Å². The van der Waals surface area contributed by atoms with Crippen molar-refractivity contribution in [3.63, 3.8) is 0 Å². The van der Waals surface area contributed by atoms with Gasteiger partial charge in [0.2, 0.25) is 11.8 Å².